The molecule has 26 heavy (non-hydrogen) atoms. The normalized spacial score (nSPS) is 17.7. The zero-order valence-corrected chi connectivity index (χ0v) is 15.5. The SMILES string of the molecule is CCOC(=O)CCC(=O)NCCN1c2ccccc2N(C2CC2)S1(=O)=O. The zero-order chi connectivity index (χ0) is 18.7. The Balaban J connectivity index is 1.58. The fourth-order valence-electron chi connectivity index (χ4n) is 2.98. The number of para-hydroxylation sites is 2. The molecule has 9 heteroatoms. The van der Waals surface area contributed by atoms with Gasteiger partial charge in [-0.3, -0.25) is 9.59 Å². The Labute approximate surface area is 153 Å². The maximum Gasteiger partial charge on any atom is 0.326 e. The lowest BCUT2D eigenvalue weighted by Crippen LogP contribution is -2.42. The fraction of sp³-hybridized carbons (Fsp3) is 0.529. The number of rotatable bonds is 8. The van der Waals surface area contributed by atoms with Crippen molar-refractivity contribution in [2.75, 3.05) is 28.3 Å². The lowest BCUT2D eigenvalue weighted by molar-refractivity contribution is -0.144. The summed E-state index contributed by atoms with van der Waals surface area (Å²) in [6.07, 6.45) is 1.77. The molecule has 0 aromatic heterocycles. The molecule has 3 rings (SSSR count). The van der Waals surface area contributed by atoms with Gasteiger partial charge < -0.3 is 10.1 Å². The number of esters is 1. The summed E-state index contributed by atoms with van der Waals surface area (Å²) in [7, 11) is -3.61. The van der Waals surface area contributed by atoms with E-state index in [-0.39, 0.29) is 44.5 Å². The average molecular weight is 381 g/mol. The fourth-order valence-corrected chi connectivity index (χ4v) is 4.91. The van der Waals surface area contributed by atoms with E-state index in [1.165, 1.54) is 8.61 Å². The van der Waals surface area contributed by atoms with E-state index in [0.29, 0.717) is 11.4 Å². The molecule has 1 aromatic carbocycles. The number of nitrogens with zero attached hydrogens (tertiary/aromatic N) is 2. The van der Waals surface area contributed by atoms with E-state index in [0.717, 1.165) is 12.8 Å². The van der Waals surface area contributed by atoms with E-state index in [2.05, 4.69) is 5.32 Å². The highest BCUT2D eigenvalue weighted by Gasteiger charge is 2.47. The molecule has 1 aliphatic heterocycles. The van der Waals surface area contributed by atoms with Crippen LogP contribution in [0.4, 0.5) is 11.4 Å². The highest BCUT2D eigenvalue weighted by molar-refractivity contribution is 7.94. The molecule has 142 valence electrons. The predicted octanol–water partition coefficient (Wildman–Crippen LogP) is 1.18. The summed E-state index contributed by atoms with van der Waals surface area (Å²) >= 11 is 0. The smallest absolute Gasteiger partial charge is 0.326 e. The number of benzene rings is 1. The molecule has 0 radical (unpaired) electrons. The Bertz CT molecular complexity index is 791. The van der Waals surface area contributed by atoms with Crippen molar-refractivity contribution >= 4 is 33.5 Å². The Morgan fingerprint density at radius 1 is 1.19 bits per heavy atom. The first-order valence-electron chi connectivity index (χ1n) is 8.78. The first-order chi connectivity index (χ1) is 12.4. The molecule has 0 spiro atoms. The highest BCUT2D eigenvalue weighted by Crippen LogP contribution is 2.46. The van der Waals surface area contributed by atoms with Gasteiger partial charge in [-0.05, 0) is 31.9 Å². The first kappa shape index (κ1) is 18.5. The van der Waals surface area contributed by atoms with Gasteiger partial charge in [-0.2, -0.15) is 8.42 Å². The Morgan fingerprint density at radius 3 is 2.54 bits per heavy atom. The average Bonchev–Trinajstić information content (AvgIpc) is 3.39. The summed E-state index contributed by atoms with van der Waals surface area (Å²) in [5.74, 6) is -0.722. The van der Waals surface area contributed by atoms with Crippen LogP contribution in [0.2, 0.25) is 0 Å². The number of ether oxygens (including phenoxy) is 1. The maximum absolute atomic E-state index is 12.9. The van der Waals surface area contributed by atoms with Gasteiger partial charge >= 0.3 is 16.2 Å². The van der Waals surface area contributed by atoms with E-state index < -0.39 is 16.2 Å². The topological polar surface area (TPSA) is 96.0 Å². The largest absolute Gasteiger partial charge is 0.466 e. The number of carbonyl (C=O) groups excluding carboxylic acids is 2. The summed E-state index contributed by atoms with van der Waals surface area (Å²) in [5.41, 5.74) is 1.34. The molecule has 1 saturated carbocycles. The molecule has 1 heterocycles. The second-order valence-electron chi connectivity index (χ2n) is 6.25. The molecule has 1 N–H and O–H groups in total. The third-order valence-corrected chi connectivity index (χ3v) is 6.22. The molecule has 0 atom stereocenters. The van der Waals surface area contributed by atoms with Crippen LogP contribution >= 0.6 is 0 Å². The van der Waals surface area contributed by atoms with Crippen molar-refractivity contribution in [3.8, 4) is 0 Å². The summed E-state index contributed by atoms with van der Waals surface area (Å²) < 4.78 is 33.3. The van der Waals surface area contributed by atoms with Gasteiger partial charge in [0, 0.05) is 19.0 Å². The van der Waals surface area contributed by atoms with Crippen molar-refractivity contribution < 1.29 is 22.7 Å². The molecule has 1 fully saturated rings. The number of nitrogens with one attached hydrogen (secondary N) is 1. The van der Waals surface area contributed by atoms with Crippen molar-refractivity contribution in [1.29, 1.82) is 0 Å². The van der Waals surface area contributed by atoms with Crippen LogP contribution in [0.5, 0.6) is 0 Å². The van der Waals surface area contributed by atoms with Crippen molar-refractivity contribution in [3.63, 3.8) is 0 Å². The first-order valence-corrected chi connectivity index (χ1v) is 10.2. The zero-order valence-electron chi connectivity index (χ0n) is 14.7. The number of amides is 1. The van der Waals surface area contributed by atoms with Crippen LogP contribution in [0.25, 0.3) is 0 Å². The second kappa shape index (κ2) is 7.53. The molecule has 1 amide bonds. The molecule has 1 aliphatic carbocycles. The third kappa shape index (κ3) is 3.77. The second-order valence-corrected chi connectivity index (χ2v) is 7.98. The van der Waals surface area contributed by atoms with Crippen molar-refractivity contribution in [2.45, 2.75) is 38.6 Å². The molecule has 0 unspecified atom stereocenters. The van der Waals surface area contributed by atoms with Crippen LogP contribution < -0.4 is 13.9 Å². The Hall–Kier alpha value is -2.29. The van der Waals surface area contributed by atoms with Crippen molar-refractivity contribution in [2.24, 2.45) is 0 Å². The quantitative estimate of drug-likeness (QED) is 0.682. The van der Waals surface area contributed by atoms with Crippen LogP contribution in [-0.2, 0) is 24.5 Å². The predicted molar refractivity (Wildman–Crippen MR) is 97.1 cm³/mol. The molecule has 2 aliphatic rings. The Kier molecular flexibility index (Phi) is 5.36. The van der Waals surface area contributed by atoms with Gasteiger partial charge in [0.15, 0.2) is 0 Å². The van der Waals surface area contributed by atoms with Gasteiger partial charge in [0.25, 0.3) is 0 Å². The van der Waals surface area contributed by atoms with Gasteiger partial charge in [-0.1, -0.05) is 12.1 Å². The van der Waals surface area contributed by atoms with Crippen LogP contribution in [0.1, 0.15) is 32.6 Å². The molecule has 8 nitrogen and oxygen atoms in total. The monoisotopic (exact) mass is 381 g/mol. The molecular formula is C17H23N3O5S. The number of fused-ring (bicyclic) bond motifs is 1. The van der Waals surface area contributed by atoms with E-state index in [9.17, 15) is 18.0 Å². The molecule has 0 saturated heterocycles. The minimum absolute atomic E-state index is 0.0139. The maximum atomic E-state index is 12.9. The summed E-state index contributed by atoms with van der Waals surface area (Å²) in [6, 6.07) is 7.24. The molecule has 1 aromatic rings. The van der Waals surface area contributed by atoms with E-state index in [1.54, 1.807) is 19.1 Å². The lowest BCUT2D eigenvalue weighted by Gasteiger charge is -2.21. The minimum atomic E-state index is -3.61. The molecular weight excluding hydrogens is 358 g/mol. The number of anilines is 2. The summed E-state index contributed by atoms with van der Waals surface area (Å²) in [6.45, 7) is 2.31. The lowest BCUT2D eigenvalue weighted by atomic mass is 10.2. The number of hydrogen-bond acceptors (Lipinski definition) is 5. The van der Waals surface area contributed by atoms with Gasteiger partial charge in [0.05, 0.1) is 30.9 Å². The van der Waals surface area contributed by atoms with Crippen LogP contribution in [-0.4, -0.2) is 46.0 Å². The molecule has 0 bridgehead atoms. The number of hydrogen-bond donors (Lipinski definition) is 1. The van der Waals surface area contributed by atoms with Crippen molar-refractivity contribution in [1.82, 2.24) is 5.32 Å². The highest BCUT2D eigenvalue weighted by atomic mass is 32.2. The van der Waals surface area contributed by atoms with Crippen molar-refractivity contribution in [3.05, 3.63) is 24.3 Å². The van der Waals surface area contributed by atoms with Crippen LogP contribution in [0.15, 0.2) is 24.3 Å². The summed E-state index contributed by atoms with van der Waals surface area (Å²) in [5, 5.41) is 2.66. The summed E-state index contributed by atoms with van der Waals surface area (Å²) in [4.78, 5) is 23.1. The third-order valence-electron chi connectivity index (χ3n) is 4.29. The standard InChI is InChI=1S/C17H23N3O5S/c1-2-25-17(22)10-9-16(21)18-11-12-19-14-5-3-4-6-15(14)20(13-7-8-13)26(19,23)24/h3-6,13H,2,7-12H2,1H3,(H,18,21). The van der Waals surface area contributed by atoms with E-state index in [1.807, 2.05) is 12.1 Å². The number of carbonyl (C=O) groups is 2. The van der Waals surface area contributed by atoms with Crippen LogP contribution in [0, 0.1) is 0 Å². The van der Waals surface area contributed by atoms with E-state index >= 15 is 0 Å². The van der Waals surface area contributed by atoms with Gasteiger partial charge in [-0.25, -0.2) is 8.61 Å². The van der Waals surface area contributed by atoms with Gasteiger partial charge in [-0.15, -0.1) is 0 Å². The van der Waals surface area contributed by atoms with Crippen LogP contribution in [0.3, 0.4) is 0 Å². The van der Waals surface area contributed by atoms with Gasteiger partial charge in [0.1, 0.15) is 0 Å². The Morgan fingerprint density at radius 2 is 1.88 bits per heavy atom. The van der Waals surface area contributed by atoms with E-state index in [4.69, 9.17) is 4.74 Å². The van der Waals surface area contributed by atoms with Gasteiger partial charge in [0.2, 0.25) is 5.91 Å². The minimum Gasteiger partial charge on any atom is -0.466 e.